The summed E-state index contributed by atoms with van der Waals surface area (Å²) in [5.41, 5.74) is 0. The second-order valence-corrected chi connectivity index (χ2v) is 8.87. The molecule has 0 bridgehead atoms. The maximum atomic E-state index is 13.3. The van der Waals surface area contributed by atoms with Gasteiger partial charge in [-0.15, -0.1) is 22.7 Å². The van der Waals surface area contributed by atoms with Gasteiger partial charge in [0.2, 0.25) is 0 Å². The molecule has 0 fully saturated rings. The summed E-state index contributed by atoms with van der Waals surface area (Å²) in [6.45, 7) is 7.76. The summed E-state index contributed by atoms with van der Waals surface area (Å²) in [6.07, 6.45) is 0. The fourth-order valence-corrected chi connectivity index (χ4v) is 6.52. The SMILES string of the molecule is CCN(CC)CCN=S(=O)(c1cccs1)c1cccs1. The number of nitrogens with zero attached hydrogens (tertiary/aromatic N) is 2. The molecule has 110 valence electrons. The Balaban J connectivity index is 2.27. The Morgan fingerprint density at radius 2 is 1.65 bits per heavy atom. The van der Waals surface area contributed by atoms with Gasteiger partial charge in [0.15, 0.2) is 0 Å². The van der Waals surface area contributed by atoms with Crippen LogP contribution in [0.4, 0.5) is 0 Å². The Hall–Kier alpha value is -0.690. The average molecular weight is 329 g/mol. The Morgan fingerprint density at radius 3 is 2.05 bits per heavy atom. The lowest BCUT2D eigenvalue weighted by Crippen LogP contribution is -2.26. The normalized spacial score (nSPS) is 11.9. The highest BCUT2D eigenvalue weighted by molar-refractivity contribution is 7.97. The van der Waals surface area contributed by atoms with Crippen LogP contribution in [0.1, 0.15) is 13.8 Å². The monoisotopic (exact) mass is 328 g/mol. The van der Waals surface area contributed by atoms with E-state index in [0.29, 0.717) is 6.54 Å². The van der Waals surface area contributed by atoms with Crippen molar-refractivity contribution >= 4 is 32.4 Å². The minimum Gasteiger partial charge on any atom is -0.302 e. The largest absolute Gasteiger partial charge is 0.302 e. The van der Waals surface area contributed by atoms with Gasteiger partial charge in [0, 0.05) is 6.54 Å². The van der Waals surface area contributed by atoms with E-state index in [2.05, 4.69) is 23.1 Å². The molecule has 0 aliphatic heterocycles. The van der Waals surface area contributed by atoms with Gasteiger partial charge in [0.1, 0.15) is 18.1 Å². The molecule has 0 N–H and O–H groups in total. The molecule has 2 rings (SSSR count). The first kappa shape index (κ1) is 15.7. The number of rotatable bonds is 7. The van der Waals surface area contributed by atoms with Crippen LogP contribution in [0.3, 0.4) is 0 Å². The Labute approximate surface area is 129 Å². The number of hydrogen-bond acceptors (Lipinski definition) is 5. The summed E-state index contributed by atoms with van der Waals surface area (Å²) >= 11 is 3.04. The second kappa shape index (κ2) is 7.36. The molecule has 2 aromatic heterocycles. The summed E-state index contributed by atoms with van der Waals surface area (Å²) in [6, 6.07) is 7.72. The van der Waals surface area contributed by atoms with E-state index in [1.807, 2.05) is 35.0 Å². The van der Waals surface area contributed by atoms with Gasteiger partial charge in [-0.05, 0) is 36.0 Å². The molecule has 0 aromatic carbocycles. The molecule has 2 aromatic rings. The molecule has 0 unspecified atom stereocenters. The van der Waals surface area contributed by atoms with E-state index in [4.69, 9.17) is 0 Å². The van der Waals surface area contributed by atoms with Crippen LogP contribution in [-0.2, 0) is 9.73 Å². The highest BCUT2D eigenvalue weighted by Crippen LogP contribution is 2.30. The molecule has 0 aliphatic rings. The summed E-state index contributed by atoms with van der Waals surface area (Å²) in [7, 11) is -2.44. The van der Waals surface area contributed by atoms with E-state index in [-0.39, 0.29) is 0 Å². The Kier molecular flexibility index (Phi) is 5.77. The van der Waals surface area contributed by atoms with Crippen LogP contribution in [0.25, 0.3) is 0 Å². The van der Waals surface area contributed by atoms with Crippen molar-refractivity contribution in [3.05, 3.63) is 35.0 Å². The third-order valence-electron chi connectivity index (χ3n) is 3.12. The Morgan fingerprint density at radius 1 is 1.10 bits per heavy atom. The zero-order chi connectivity index (χ0) is 14.4. The lowest BCUT2D eigenvalue weighted by molar-refractivity contribution is 0.313. The first-order valence-electron chi connectivity index (χ1n) is 6.73. The van der Waals surface area contributed by atoms with Crippen molar-refractivity contribution in [3.8, 4) is 0 Å². The minimum atomic E-state index is -2.44. The van der Waals surface area contributed by atoms with Gasteiger partial charge in [0.25, 0.3) is 0 Å². The fourth-order valence-electron chi connectivity index (χ4n) is 1.92. The maximum absolute atomic E-state index is 13.3. The average Bonchev–Trinajstić information content (AvgIpc) is 3.16. The number of thiophene rings is 2. The summed E-state index contributed by atoms with van der Waals surface area (Å²) in [4.78, 5) is 2.30. The highest BCUT2D eigenvalue weighted by Gasteiger charge is 2.17. The van der Waals surface area contributed by atoms with Crippen molar-refractivity contribution in [1.82, 2.24) is 4.90 Å². The van der Waals surface area contributed by atoms with E-state index in [1.165, 1.54) is 22.7 Å². The van der Waals surface area contributed by atoms with Crippen molar-refractivity contribution in [1.29, 1.82) is 0 Å². The standard InChI is InChI=1S/C14H20N2OS3/c1-3-16(4-2)10-9-15-20(17,13-7-5-11-18-13)14-8-6-12-19-14/h5-8,11-12H,3-4,9-10H2,1-2H3. The van der Waals surface area contributed by atoms with Gasteiger partial charge in [-0.3, -0.25) is 0 Å². The minimum absolute atomic E-state index is 0.607. The van der Waals surface area contributed by atoms with E-state index < -0.39 is 9.73 Å². The molecule has 0 saturated heterocycles. The van der Waals surface area contributed by atoms with Crippen LogP contribution in [0, 0.1) is 0 Å². The van der Waals surface area contributed by atoms with Gasteiger partial charge in [0.05, 0.1) is 6.54 Å². The molecule has 0 aliphatic carbocycles. The van der Waals surface area contributed by atoms with Crippen molar-refractivity contribution < 1.29 is 4.21 Å². The first-order valence-corrected chi connectivity index (χ1v) is 10.0. The van der Waals surface area contributed by atoms with E-state index in [0.717, 1.165) is 28.1 Å². The maximum Gasteiger partial charge on any atom is 0.123 e. The quantitative estimate of drug-likeness (QED) is 0.768. The second-order valence-electron chi connectivity index (χ2n) is 4.27. The Bertz CT molecular complexity index is 567. The van der Waals surface area contributed by atoms with Crippen molar-refractivity contribution in [2.75, 3.05) is 26.2 Å². The van der Waals surface area contributed by atoms with Crippen molar-refractivity contribution in [2.45, 2.75) is 22.3 Å². The third-order valence-corrected chi connectivity index (χ3v) is 8.28. The lowest BCUT2D eigenvalue weighted by Gasteiger charge is -2.16. The third kappa shape index (κ3) is 3.49. The summed E-state index contributed by atoms with van der Waals surface area (Å²) in [5, 5.41) is 3.92. The molecule has 2 heterocycles. The number of likely N-dealkylation sites (N-methyl/N-ethyl adjacent to an activating group) is 1. The van der Waals surface area contributed by atoms with Crippen LogP contribution in [0.15, 0.2) is 47.8 Å². The van der Waals surface area contributed by atoms with Crippen molar-refractivity contribution in [2.24, 2.45) is 4.36 Å². The zero-order valence-corrected chi connectivity index (χ0v) is 14.3. The highest BCUT2D eigenvalue weighted by atomic mass is 32.3. The molecule has 0 radical (unpaired) electrons. The van der Waals surface area contributed by atoms with Crippen LogP contribution in [0.5, 0.6) is 0 Å². The van der Waals surface area contributed by atoms with Gasteiger partial charge >= 0.3 is 0 Å². The van der Waals surface area contributed by atoms with E-state index in [1.54, 1.807) is 0 Å². The molecule has 0 saturated carbocycles. The molecule has 0 atom stereocenters. The molecule has 0 spiro atoms. The molecular weight excluding hydrogens is 308 g/mol. The predicted molar refractivity (Wildman–Crippen MR) is 88.4 cm³/mol. The van der Waals surface area contributed by atoms with Crippen molar-refractivity contribution in [3.63, 3.8) is 0 Å². The molecular formula is C14H20N2OS3. The van der Waals surface area contributed by atoms with Crippen LogP contribution in [-0.4, -0.2) is 35.3 Å². The number of hydrogen-bond donors (Lipinski definition) is 0. The summed E-state index contributed by atoms with van der Waals surface area (Å²) in [5.74, 6) is 0. The molecule has 3 nitrogen and oxygen atoms in total. The fraction of sp³-hybridized carbons (Fsp3) is 0.429. The van der Waals surface area contributed by atoms with Crippen LogP contribution in [0.2, 0.25) is 0 Å². The first-order chi connectivity index (χ1) is 9.70. The molecule has 20 heavy (non-hydrogen) atoms. The van der Waals surface area contributed by atoms with Gasteiger partial charge in [-0.25, -0.2) is 8.57 Å². The van der Waals surface area contributed by atoms with Gasteiger partial charge in [-0.2, -0.15) is 0 Å². The lowest BCUT2D eigenvalue weighted by atomic mass is 10.5. The topological polar surface area (TPSA) is 32.7 Å². The van der Waals surface area contributed by atoms with Gasteiger partial charge < -0.3 is 4.90 Å². The van der Waals surface area contributed by atoms with Crippen LogP contribution >= 0.6 is 22.7 Å². The van der Waals surface area contributed by atoms with Crippen LogP contribution < -0.4 is 0 Å². The smallest absolute Gasteiger partial charge is 0.123 e. The van der Waals surface area contributed by atoms with Gasteiger partial charge in [-0.1, -0.05) is 26.0 Å². The van der Waals surface area contributed by atoms with E-state index >= 15 is 0 Å². The summed E-state index contributed by atoms with van der Waals surface area (Å²) < 4.78 is 19.6. The predicted octanol–water partition coefficient (Wildman–Crippen LogP) is 4.04. The molecule has 6 heteroatoms. The zero-order valence-electron chi connectivity index (χ0n) is 11.8. The van der Waals surface area contributed by atoms with E-state index in [9.17, 15) is 4.21 Å². The molecule has 0 amide bonds.